The average Bonchev–Trinajstić information content (AvgIpc) is 3.19. The van der Waals surface area contributed by atoms with Gasteiger partial charge in [0.25, 0.3) is 5.91 Å². The smallest absolute Gasteiger partial charge is 0.250 e. The average molecular weight is 427 g/mol. The second kappa shape index (κ2) is 8.30. The minimum Gasteiger partial charge on any atom is -0.366 e. The summed E-state index contributed by atoms with van der Waals surface area (Å²) in [7, 11) is 20.8. The third-order valence-electron chi connectivity index (χ3n) is 9.09. The number of fused-ring (bicyclic) bond motifs is 1. The van der Waals surface area contributed by atoms with Crippen molar-refractivity contribution in [3.05, 3.63) is 35.5 Å². The maximum atomic E-state index is 11.9. The molecule has 3 aromatic rings. The van der Waals surface area contributed by atoms with Crippen molar-refractivity contribution in [1.29, 1.82) is 0 Å². The fourth-order valence-electron chi connectivity index (χ4n) is 6.34. The molecular formula is C19H29B9N4O. The maximum Gasteiger partial charge on any atom is 0.250 e. The molecule has 5 unspecified atom stereocenters. The standard InChI is InChI=1S/C19H29B9N4O/c20-8-7(19(28)15(25)12(24)16(26)30-18(19)27)9(21)11(23)14(10(8)22)32-4-5-2-1-3-6(17(29)33)13(5)31-32/h1-4,12,15-16,18,30H,20-28H2,(H2,29,33). The van der Waals surface area contributed by atoms with Gasteiger partial charge < -0.3 is 11.1 Å². The maximum absolute atomic E-state index is 11.9. The van der Waals surface area contributed by atoms with Gasteiger partial charge >= 0.3 is 0 Å². The van der Waals surface area contributed by atoms with E-state index in [1.807, 2.05) is 23.0 Å². The van der Waals surface area contributed by atoms with Gasteiger partial charge in [-0.1, -0.05) is 51.2 Å². The molecule has 1 fully saturated rings. The first kappa shape index (κ1) is 24.1. The Morgan fingerprint density at radius 1 is 1.03 bits per heavy atom. The zero-order valence-corrected chi connectivity index (χ0v) is 21.5. The van der Waals surface area contributed by atoms with Gasteiger partial charge in [0, 0.05) is 11.6 Å². The number of nitrogens with zero attached hydrogens (tertiary/aromatic N) is 2. The highest BCUT2D eigenvalue weighted by molar-refractivity contribution is 6.60. The molecule has 5 atom stereocenters. The zero-order chi connectivity index (χ0) is 24.4. The predicted molar refractivity (Wildman–Crippen MR) is 165 cm³/mol. The Balaban J connectivity index is 1.95. The van der Waals surface area contributed by atoms with Gasteiger partial charge in [-0.3, -0.25) is 4.79 Å². The topological polar surface area (TPSA) is 72.9 Å². The van der Waals surface area contributed by atoms with Gasteiger partial charge in [0.2, 0.25) is 0 Å². The zero-order valence-electron chi connectivity index (χ0n) is 21.5. The number of piperidine rings is 1. The van der Waals surface area contributed by atoms with Crippen molar-refractivity contribution in [2.75, 3.05) is 0 Å². The second-order valence-corrected chi connectivity index (χ2v) is 10.5. The highest BCUT2D eigenvalue weighted by Gasteiger charge is 2.47. The molecule has 33 heavy (non-hydrogen) atoms. The molecule has 1 aliphatic rings. The van der Waals surface area contributed by atoms with Crippen LogP contribution in [0.4, 0.5) is 0 Å². The number of carbonyl (C=O) groups is 1. The largest absolute Gasteiger partial charge is 0.366 e. The van der Waals surface area contributed by atoms with Crippen molar-refractivity contribution in [2.45, 2.75) is 28.8 Å². The second-order valence-electron chi connectivity index (χ2n) is 10.5. The van der Waals surface area contributed by atoms with Crippen LogP contribution in [0.5, 0.6) is 0 Å². The SMILES string of the molecule is Bc1c(B)c(C2(B)C(B)NC(B)C(B)C2B)c(B)c(B)c1-n1cc2cccc(C(N)=O)c2n1. The highest BCUT2D eigenvalue weighted by Crippen LogP contribution is 2.43. The molecule has 2 heterocycles. The molecule has 1 amide bonds. The fraction of sp³-hybridized carbons (Fsp3) is 0.263. The minimum absolute atomic E-state index is 0.0160. The number of aromatic nitrogens is 2. The van der Waals surface area contributed by atoms with Crippen LogP contribution in [0.3, 0.4) is 0 Å². The highest BCUT2D eigenvalue weighted by atomic mass is 16.1. The Kier molecular flexibility index (Phi) is 6.05. The van der Waals surface area contributed by atoms with Crippen LogP contribution >= 0.6 is 0 Å². The summed E-state index contributed by atoms with van der Waals surface area (Å²) in [6.45, 7) is 0. The number of rotatable bonds is 3. The quantitative estimate of drug-likeness (QED) is 0.409. The van der Waals surface area contributed by atoms with Gasteiger partial charge in [0.15, 0.2) is 0 Å². The number of hydrogen-bond acceptors (Lipinski definition) is 3. The van der Waals surface area contributed by atoms with Crippen molar-refractivity contribution in [1.82, 2.24) is 15.1 Å². The van der Waals surface area contributed by atoms with Gasteiger partial charge in [-0.2, -0.15) is 5.10 Å². The van der Waals surface area contributed by atoms with Crippen molar-refractivity contribution in [2.24, 2.45) is 5.73 Å². The fourth-order valence-corrected chi connectivity index (χ4v) is 6.34. The summed E-state index contributed by atoms with van der Waals surface area (Å²) in [5, 5.41) is 9.62. The Labute approximate surface area is 204 Å². The van der Waals surface area contributed by atoms with Gasteiger partial charge in [-0.05, 0) is 23.3 Å². The monoisotopic (exact) mass is 428 g/mol. The summed E-state index contributed by atoms with van der Waals surface area (Å²) in [6, 6.07) is 5.57. The summed E-state index contributed by atoms with van der Waals surface area (Å²) >= 11 is 0. The molecule has 0 saturated carbocycles. The van der Waals surface area contributed by atoms with Crippen LogP contribution in [-0.2, 0) is 5.31 Å². The lowest BCUT2D eigenvalue weighted by Gasteiger charge is -2.54. The number of benzene rings is 2. The molecule has 0 radical (unpaired) electrons. The van der Waals surface area contributed by atoms with Gasteiger partial charge in [-0.25, -0.2) is 4.68 Å². The molecule has 0 spiro atoms. The lowest BCUT2D eigenvalue weighted by molar-refractivity contribution is 0.100. The van der Waals surface area contributed by atoms with Crippen molar-refractivity contribution in [3.8, 4) is 5.69 Å². The summed E-state index contributed by atoms with van der Waals surface area (Å²) in [5.41, 5.74) is 14.4. The van der Waals surface area contributed by atoms with Crippen LogP contribution in [-0.4, -0.2) is 98.2 Å². The molecule has 1 aromatic heterocycles. The van der Waals surface area contributed by atoms with Crippen molar-refractivity contribution < 1.29 is 4.79 Å². The molecule has 4 rings (SSSR count). The van der Waals surface area contributed by atoms with Crippen LogP contribution < -0.4 is 32.9 Å². The van der Waals surface area contributed by atoms with Crippen LogP contribution in [0.25, 0.3) is 16.6 Å². The van der Waals surface area contributed by atoms with Crippen LogP contribution in [0.1, 0.15) is 15.9 Å². The lowest BCUT2D eigenvalue weighted by Crippen LogP contribution is -2.66. The normalized spacial score (nSPS) is 27.5. The van der Waals surface area contributed by atoms with E-state index in [4.69, 9.17) is 10.8 Å². The molecule has 0 aliphatic carbocycles. The third-order valence-corrected chi connectivity index (χ3v) is 9.09. The van der Waals surface area contributed by atoms with Gasteiger partial charge in [0.1, 0.15) is 76.1 Å². The van der Waals surface area contributed by atoms with Crippen molar-refractivity contribution >= 4 is 109 Å². The number of primary amides is 1. The van der Waals surface area contributed by atoms with E-state index in [2.05, 4.69) is 75.9 Å². The molecule has 1 aliphatic heterocycles. The predicted octanol–water partition coefficient (Wildman–Crippen LogP) is -9.65. The van der Waals surface area contributed by atoms with E-state index in [9.17, 15) is 4.79 Å². The summed E-state index contributed by atoms with van der Waals surface area (Å²) in [5.74, 6) is 1.53. The lowest BCUT2D eigenvalue weighted by atomic mass is 9.34. The Morgan fingerprint density at radius 3 is 2.21 bits per heavy atom. The number of nitrogens with two attached hydrogens (primary N) is 1. The number of nitrogens with one attached hydrogen (secondary N) is 1. The Hall–Kier alpha value is -2.08. The minimum atomic E-state index is -0.453. The molecular weight excluding hydrogens is 398 g/mol. The molecule has 14 heteroatoms. The van der Waals surface area contributed by atoms with E-state index in [1.165, 1.54) is 27.4 Å². The summed E-state index contributed by atoms with van der Waals surface area (Å²) < 4.78 is 1.94. The summed E-state index contributed by atoms with van der Waals surface area (Å²) in [6.07, 6.45) is 2.01. The summed E-state index contributed by atoms with van der Waals surface area (Å²) in [4.78, 5) is 11.9. The molecule has 2 aromatic carbocycles. The molecule has 1 saturated heterocycles. The van der Waals surface area contributed by atoms with Crippen molar-refractivity contribution in [3.63, 3.8) is 0 Å². The molecule has 0 bridgehead atoms. The number of hydrogen-bond donors (Lipinski definition) is 2. The Morgan fingerprint density at radius 2 is 1.64 bits per heavy atom. The van der Waals surface area contributed by atoms with E-state index in [0.29, 0.717) is 34.6 Å². The van der Waals surface area contributed by atoms with Gasteiger partial charge in [0.05, 0.1) is 11.3 Å². The first-order valence-corrected chi connectivity index (χ1v) is 12.1. The van der Waals surface area contributed by atoms with E-state index < -0.39 is 5.91 Å². The first-order chi connectivity index (χ1) is 15.4. The van der Waals surface area contributed by atoms with Gasteiger partial charge in [-0.15, -0.1) is 0 Å². The Bertz CT molecular complexity index is 1250. The first-order valence-electron chi connectivity index (χ1n) is 12.1. The van der Waals surface area contributed by atoms with Crippen LogP contribution in [0, 0.1) is 0 Å². The van der Waals surface area contributed by atoms with E-state index in [1.54, 1.807) is 6.07 Å². The van der Waals surface area contributed by atoms with Crippen LogP contribution in [0.2, 0.25) is 11.6 Å². The van der Waals surface area contributed by atoms with Crippen LogP contribution in [0.15, 0.2) is 24.4 Å². The van der Waals surface area contributed by atoms with E-state index in [0.717, 1.165) is 11.1 Å². The molecule has 3 N–H and O–H groups in total. The third kappa shape index (κ3) is 3.48. The number of amides is 1. The van der Waals surface area contributed by atoms with E-state index >= 15 is 0 Å². The molecule has 158 valence electrons. The number of carbonyl (C=O) groups excluding carboxylic acids is 1. The van der Waals surface area contributed by atoms with E-state index in [-0.39, 0.29) is 5.31 Å². The molecule has 5 nitrogen and oxygen atoms in total.